The summed E-state index contributed by atoms with van der Waals surface area (Å²) in [6.45, 7) is 9.45. The van der Waals surface area contributed by atoms with Crippen LogP contribution in [0.4, 0.5) is 17.1 Å². The Bertz CT molecular complexity index is 2670. The minimum Gasteiger partial charge on any atom is -0.310 e. The first kappa shape index (κ1) is 29.5. The Kier molecular flexibility index (Phi) is 6.21. The molecule has 2 aliphatic rings. The van der Waals surface area contributed by atoms with Crippen molar-refractivity contribution in [3.05, 3.63) is 174 Å². The lowest BCUT2D eigenvalue weighted by Gasteiger charge is -2.30. The van der Waals surface area contributed by atoms with Gasteiger partial charge in [0.2, 0.25) is 0 Å². The number of fused-ring (bicyclic) bond motifs is 9. The molecule has 0 radical (unpaired) electrons. The summed E-state index contributed by atoms with van der Waals surface area (Å²) in [4.78, 5) is 2.51. The van der Waals surface area contributed by atoms with Crippen molar-refractivity contribution < 1.29 is 0 Å². The number of anilines is 3. The second-order valence-electron chi connectivity index (χ2n) is 14.9. The topological polar surface area (TPSA) is 3.24 Å². The van der Waals surface area contributed by atoms with E-state index in [-0.39, 0.29) is 10.8 Å². The highest BCUT2D eigenvalue weighted by atomic mass is 32.1. The molecule has 7 aromatic carbocycles. The van der Waals surface area contributed by atoms with E-state index in [0.29, 0.717) is 0 Å². The molecule has 0 unspecified atom stereocenters. The van der Waals surface area contributed by atoms with Crippen LogP contribution < -0.4 is 4.90 Å². The number of hydrogen-bond donors (Lipinski definition) is 0. The second kappa shape index (κ2) is 10.5. The predicted octanol–water partition coefficient (Wildman–Crippen LogP) is 13.8. The third kappa shape index (κ3) is 4.06. The van der Waals surface area contributed by atoms with Crippen LogP contribution in [-0.2, 0) is 10.8 Å². The van der Waals surface area contributed by atoms with Crippen LogP contribution in [-0.4, -0.2) is 0 Å². The zero-order valence-corrected chi connectivity index (χ0v) is 29.6. The molecule has 0 bridgehead atoms. The number of rotatable bonds is 4. The van der Waals surface area contributed by atoms with Crippen LogP contribution in [0.25, 0.3) is 53.6 Å². The third-order valence-corrected chi connectivity index (χ3v) is 12.6. The molecule has 0 saturated heterocycles. The number of thiophene rings is 1. The molecule has 2 heteroatoms. The first-order chi connectivity index (χ1) is 24.3. The summed E-state index contributed by atoms with van der Waals surface area (Å²) < 4.78 is 2.65. The Labute approximate surface area is 298 Å². The molecule has 0 spiro atoms. The van der Waals surface area contributed by atoms with Crippen LogP contribution in [0.15, 0.2) is 152 Å². The van der Waals surface area contributed by atoms with Gasteiger partial charge in [0.15, 0.2) is 0 Å². The summed E-state index contributed by atoms with van der Waals surface area (Å²) in [5.41, 5.74) is 16.7. The summed E-state index contributed by atoms with van der Waals surface area (Å²) in [5, 5.41) is 2.66. The lowest BCUT2D eigenvalue weighted by atomic mass is 9.82. The van der Waals surface area contributed by atoms with Gasteiger partial charge in [-0.3, -0.25) is 0 Å². The summed E-state index contributed by atoms with van der Waals surface area (Å²) >= 11 is 1.88. The van der Waals surface area contributed by atoms with Crippen molar-refractivity contribution in [1.82, 2.24) is 0 Å². The summed E-state index contributed by atoms with van der Waals surface area (Å²) in [5.74, 6) is 0. The first-order valence-corrected chi connectivity index (χ1v) is 18.4. The molecule has 1 heterocycles. The molecule has 0 saturated carbocycles. The highest BCUT2D eigenvalue weighted by Gasteiger charge is 2.39. The van der Waals surface area contributed by atoms with Crippen molar-refractivity contribution >= 4 is 48.6 Å². The fraction of sp³-hybridized carbons (Fsp3) is 0.125. The Morgan fingerprint density at radius 3 is 1.90 bits per heavy atom. The van der Waals surface area contributed by atoms with Crippen LogP contribution in [0, 0.1) is 0 Å². The van der Waals surface area contributed by atoms with Gasteiger partial charge in [-0.1, -0.05) is 137 Å². The van der Waals surface area contributed by atoms with Crippen LogP contribution in [0.1, 0.15) is 49.9 Å². The van der Waals surface area contributed by atoms with Crippen LogP contribution >= 0.6 is 11.3 Å². The molecule has 0 atom stereocenters. The largest absolute Gasteiger partial charge is 0.310 e. The maximum absolute atomic E-state index is 2.51. The van der Waals surface area contributed by atoms with Crippen LogP contribution in [0.5, 0.6) is 0 Å². The smallest absolute Gasteiger partial charge is 0.0543 e. The maximum atomic E-state index is 2.51. The van der Waals surface area contributed by atoms with E-state index < -0.39 is 0 Å². The molecule has 0 fully saturated rings. The molecule has 0 aliphatic heterocycles. The summed E-state index contributed by atoms with van der Waals surface area (Å²) in [6, 6.07) is 56.8. The molecule has 0 amide bonds. The molecule has 2 aliphatic carbocycles. The molecule has 1 aromatic heterocycles. The fourth-order valence-corrected chi connectivity index (χ4v) is 10.2. The predicted molar refractivity (Wildman–Crippen MR) is 215 cm³/mol. The minimum absolute atomic E-state index is 0.0475. The molecule has 0 N–H and O–H groups in total. The fourth-order valence-electron chi connectivity index (χ4n) is 9.02. The zero-order chi connectivity index (χ0) is 33.8. The Morgan fingerprint density at radius 1 is 0.440 bits per heavy atom. The lowest BCUT2D eigenvalue weighted by Crippen LogP contribution is -2.16. The van der Waals surface area contributed by atoms with Gasteiger partial charge in [-0.15, -0.1) is 11.3 Å². The van der Waals surface area contributed by atoms with Gasteiger partial charge in [-0.25, -0.2) is 0 Å². The highest BCUT2D eigenvalue weighted by molar-refractivity contribution is 7.25. The standard InChI is InChI=1S/C48H37NS/c1-47(2)38-20-8-5-16-34(38)37-29-32(26-27-40(37)47)49(42-23-13-22-41-46(42)35-17-6-9-21-39(35)48(41,3)4)31-15-11-14-30(28-31)33-19-12-25-44-45(33)36-18-7-10-24-43(36)50-44/h5-29H,1-4H3. The molecule has 240 valence electrons. The van der Waals surface area contributed by atoms with Crippen molar-refractivity contribution in [2.75, 3.05) is 4.90 Å². The van der Waals surface area contributed by atoms with Crippen molar-refractivity contribution in [1.29, 1.82) is 0 Å². The average Bonchev–Trinajstić information content (AvgIpc) is 3.72. The zero-order valence-electron chi connectivity index (χ0n) is 28.8. The van der Waals surface area contributed by atoms with Crippen LogP contribution in [0.2, 0.25) is 0 Å². The number of benzene rings is 7. The van der Waals surface area contributed by atoms with E-state index in [1.54, 1.807) is 0 Å². The van der Waals surface area contributed by atoms with E-state index in [1.807, 2.05) is 11.3 Å². The van der Waals surface area contributed by atoms with Crippen LogP contribution in [0.3, 0.4) is 0 Å². The van der Waals surface area contributed by atoms with E-state index in [2.05, 4.69) is 184 Å². The van der Waals surface area contributed by atoms with Crippen molar-refractivity contribution in [3.63, 3.8) is 0 Å². The average molecular weight is 660 g/mol. The second-order valence-corrected chi connectivity index (χ2v) is 16.0. The third-order valence-electron chi connectivity index (χ3n) is 11.5. The van der Waals surface area contributed by atoms with E-state index in [1.165, 1.54) is 87.2 Å². The van der Waals surface area contributed by atoms with Gasteiger partial charge < -0.3 is 4.90 Å². The van der Waals surface area contributed by atoms with Gasteiger partial charge in [-0.2, -0.15) is 0 Å². The quantitative estimate of drug-likeness (QED) is 0.182. The van der Waals surface area contributed by atoms with Crippen molar-refractivity contribution in [2.24, 2.45) is 0 Å². The van der Waals surface area contributed by atoms with Gasteiger partial charge in [0.1, 0.15) is 0 Å². The highest BCUT2D eigenvalue weighted by Crippen LogP contribution is 2.56. The molecule has 1 nitrogen and oxygen atoms in total. The minimum atomic E-state index is -0.0913. The van der Waals surface area contributed by atoms with Gasteiger partial charge >= 0.3 is 0 Å². The number of hydrogen-bond acceptors (Lipinski definition) is 2. The van der Waals surface area contributed by atoms with E-state index in [0.717, 1.165) is 5.69 Å². The summed E-state index contributed by atoms with van der Waals surface area (Å²) in [6.07, 6.45) is 0. The first-order valence-electron chi connectivity index (χ1n) is 17.6. The molecule has 50 heavy (non-hydrogen) atoms. The molecule has 8 aromatic rings. The molecular weight excluding hydrogens is 623 g/mol. The number of nitrogens with zero attached hydrogens (tertiary/aromatic N) is 1. The van der Waals surface area contributed by atoms with E-state index in [4.69, 9.17) is 0 Å². The molecule has 10 rings (SSSR count). The van der Waals surface area contributed by atoms with E-state index in [9.17, 15) is 0 Å². The van der Waals surface area contributed by atoms with Gasteiger partial charge in [0, 0.05) is 47.9 Å². The summed E-state index contributed by atoms with van der Waals surface area (Å²) in [7, 11) is 0. The van der Waals surface area contributed by atoms with Crippen molar-refractivity contribution in [2.45, 2.75) is 38.5 Å². The van der Waals surface area contributed by atoms with Crippen molar-refractivity contribution in [3.8, 4) is 33.4 Å². The Hall–Kier alpha value is -5.44. The Morgan fingerprint density at radius 2 is 1.04 bits per heavy atom. The van der Waals surface area contributed by atoms with Gasteiger partial charge in [0.05, 0.1) is 5.69 Å². The maximum Gasteiger partial charge on any atom is 0.0543 e. The lowest BCUT2D eigenvalue weighted by molar-refractivity contribution is 0.660. The Balaban J connectivity index is 1.24. The van der Waals surface area contributed by atoms with E-state index >= 15 is 0 Å². The normalized spacial score (nSPS) is 14.7. The monoisotopic (exact) mass is 659 g/mol. The SMILES string of the molecule is CC1(C)c2ccccc2-c2cc(N(c3cccc(-c4cccc5sc6ccccc6c45)c3)c3cccc4c3-c3ccccc3C4(C)C)ccc21. The van der Waals surface area contributed by atoms with Gasteiger partial charge in [-0.05, 0) is 92.5 Å². The van der Waals surface area contributed by atoms with Gasteiger partial charge in [0.25, 0.3) is 0 Å². The molecular formula is C48H37NS.